The van der Waals surface area contributed by atoms with Gasteiger partial charge in [0, 0.05) is 36.3 Å². The summed E-state index contributed by atoms with van der Waals surface area (Å²) < 4.78 is 26.3. The van der Waals surface area contributed by atoms with E-state index in [-0.39, 0.29) is 16.6 Å². The van der Waals surface area contributed by atoms with E-state index in [2.05, 4.69) is 30.2 Å². The molecule has 0 fully saturated rings. The monoisotopic (exact) mass is 614 g/mol. The number of ether oxygens (including phenoxy) is 2. The molecule has 13 heteroatoms. The molecule has 0 aromatic heterocycles. The zero-order valence-electron chi connectivity index (χ0n) is 23.9. The lowest BCUT2D eigenvalue weighted by Crippen LogP contribution is -2.42. The molecule has 4 atom stereocenters. The molecule has 0 aliphatic carbocycles. The molecular weight excluding hydrogens is 580 g/mol. The quantitative estimate of drug-likeness (QED) is 0.0821. The van der Waals surface area contributed by atoms with Gasteiger partial charge in [0.2, 0.25) is 5.91 Å². The molecule has 0 aliphatic heterocycles. The summed E-state index contributed by atoms with van der Waals surface area (Å²) in [5.74, 6) is 0.486. The van der Waals surface area contributed by atoms with E-state index in [9.17, 15) is 23.9 Å². The van der Waals surface area contributed by atoms with Crippen LogP contribution in [0.25, 0.3) is 11.1 Å². The smallest absolute Gasteiger partial charge is 0.269 e. The molecule has 0 radical (unpaired) electrons. The van der Waals surface area contributed by atoms with Gasteiger partial charge in [-0.15, -0.1) is 12.6 Å². The Labute approximate surface area is 252 Å². The highest BCUT2D eigenvalue weighted by molar-refractivity contribution is 7.82. The van der Waals surface area contributed by atoms with Crippen LogP contribution in [0.15, 0.2) is 65.6 Å². The van der Waals surface area contributed by atoms with E-state index in [4.69, 9.17) is 9.47 Å². The first-order valence-corrected chi connectivity index (χ1v) is 14.5. The number of hydrogen-bond donors (Lipinski definition) is 3. The number of benzene rings is 3. The number of nitrogens with zero attached hydrogens (tertiary/aromatic N) is 2. The Bertz CT molecular complexity index is 1450. The van der Waals surface area contributed by atoms with E-state index in [0.717, 1.165) is 17.5 Å². The van der Waals surface area contributed by atoms with Gasteiger partial charge < -0.3 is 24.9 Å². The number of methoxy groups -OCH3 is 2. The highest BCUT2D eigenvalue weighted by Crippen LogP contribution is 2.40. The summed E-state index contributed by atoms with van der Waals surface area (Å²) in [4.78, 5) is 35.6. The number of amides is 1. The number of rotatable bonds is 14. The molecule has 224 valence electrons. The van der Waals surface area contributed by atoms with Crippen molar-refractivity contribution < 1.29 is 28.2 Å². The Kier molecular flexibility index (Phi) is 11.6. The first-order chi connectivity index (χ1) is 20.0. The van der Waals surface area contributed by atoms with Crippen LogP contribution in [0.3, 0.4) is 0 Å². The van der Waals surface area contributed by atoms with Gasteiger partial charge in [-0.05, 0) is 67.9 Å². The second-order valence-electron chi connectivity index (χ2n) is 9.43. The van der Waals surface area contributed by atoms with Crippen LogP contribution in [0.1, 0.15) is 24.1 Å². The average Bonchev–Trinajstić information content (AvgIpc) is 3.00. The molecule has 0 saturated carbocycles. The lowest BCUT2D eigenvalue weighted by Gasteiger charge is -2.28. The van der Waals surface area contributed by atoms with Gasteiger partial charge in [0.05, 0.1) is 24.0 Å². The molecule has 0 aliphatic rings. The normalized spacial score (nSPS) is 14.0. The molecular formula is C29H34N4O7S2. The minimum atomic E-state index is -1.92. The zero-order chi connectivity index (χ0) is 31.0. The molecule has 3 unspecified atom stereocenters. The number of nitrogens with one attached hydrogen (secondary N) is 2. The summed E-state index contributed by atoms with van der Waals surface area (Å²) >= 11 is 4.08. The molecule has 1 amide bonds. The summed E-state index contributed by atoms with van der Waals surface area (Å²) in [6.45, 7) is 2.07. The Balaban J connectivity index is 2.14. The van der Waals surface area contributed by atoms with Crippen molar-refractivity contribution in [1.29, 1.82) is 0 Å². The van der Waals surface area contributed by atoms with Gasteiger partial charge in [-0.2, -0.15) is 0 Å². The van der Waals surface area contributed by atoms with E-state index in [1.54, 1.807) is 25.3 Å². The van der Waals surface area contributed by atoms with Crippen LogP contribution in [0.4, 0.5) is 5.69 Å². The van der Waals surface area contributed by atoms with Crippen molar-refractivity contribution >= 4 is 41.5 Å². The number of nitro groups is 1. The number of thiol groups is 1. The fraction of sp³-hybridized carbons (Fsp3) is 0.310. The summed E-state index contributed by atoms with van der Waals surface area (Å²) in [5, 5.41) is 15.7. The summed E-state index contributed by atoms with van der Waals surface area (Å²) in [7, 11) is 4.56. The first-order valence-electron chi connectivity index (χ1n) is 12.9. The zero-order valence-corrected chi connectivity index (χ0v) is 25.6. The predicted molar refractivity (Wildman–Crippen MR) is 164 cm³/mol. The molecule has 3 rings (SSSR count). The second-order valence-corrected chi connectivity index (χ2v) is 11.5. The van der Waals surface area contributed by atoms with Gasteiger partial charge in [0.1, 0.15) is 33.9 Å². The molecule has 0 heterocycles. The lowest BCUT2D eigenvalue weighted by atomic mass is 9.95. The molecule has 3 aromatic rings. The van der Waals surface area contributed by atoms with Crippen molar-refractivity contribution in [3.63, 3.8) is 0 Å². The summed E-state index contributed by atoms with van der Waals surface area (Å²) in [5.41, 5.74) is 2.71. The molecule has 0 bridgehead atoms. The summed E-state index contributed by atoms with van der Waals surface area (Å²) in [6, 6.07) is 15.3. The summed E-state index contributed by atoms with van der Waals surface area (Å²) in [6.07, 6.45) is 1.22. The Morgan fingerprint density at radius 3 is 2.21 bits per heavy atom. The maximum atomic E-state index is 13.6. The Hall–Kier alpha value is -3.78. The number of carbonyl (C=O) groups excluding carboxylic acids is 2. The van der Waals surface area contributed by atoms with E-state index < -0.39 is 33.2 Å². The third kappa shape index (κ3) is 7.73. The molecule has 0 saturated heterocycles. The minimum Gasteiger partial charge on any atom is -0.496 e. The van der Waals surface area contributed by atoms with Crippen LogP contribution in [0.2, 0.25) is 0 Å². The van der Waals surface area contributed by atoms with Crippen molar-refractivity contribution in [3.05, 3.63) is 81.9 Å². The van der Waals surface area contributed by atoms with Gasteiger partial charge in [-0.3, -0.25) is 14.9 Å². The second kappa shape index (κ2) is 14.9. The third-order valence-electron chi connectivity index (χ3n) is 6.67. The van der Waals surface area contributed by atoms with E-state index in [1.165, 1.54) is 42.7 Å². The minimum absolute atomic E-state index is 0.156. The maximum absolute atomic E-state index is 13.6. The molecule has 0 spiro atoms. The van der Waals surface area contributed by atoms with Crippen molar-refractivity contribution in [2.75, 3.05) is 28.3 Å². The molecule has 2 N–H and O–H groups in total. The van der Waals surface area contributed by atoms with Gasteiger partial charge in [0.25, 0.3) is 5.69 Å². The number of non-ortho nitro benzene ring substituents is 1. The van der Waals surface area contributed by atoms with Gasteiger partial charge >= 0.3 is 0 Å². The van der Waals surface area contributed by atoms with Crippen LogP contribution in [0.5, 0.6) is 11.5 Å². The topological polar surface area (TPSA) is 140 Å². The maximum Gasteiger partial charge on any atom is 0.269 e. The highest BCUT2D eigenvalue weighted by Gasteiger charge is 2.31. The van der Waals surface area contributed by atoms with Crippen molar-refractivity contribution in [2.24, 2.45) is 0 Å². The number of likely N-dealkylation sites (N-methyl/N-ethyl adjacent to an activating group) is 2. The number of carbonyl (C=O) groups is 2. The van der Waals surface area contributed by atoms with E-state index in [1.807, 2.05) is 25.2 Å². The van der Waals surface area contributed by atoms with Crippen molar-refractivity contribution in [2.45, 2.75) is 35.7 Å². The van der Waals surface area contributed by atoms with Crippen molar-refractivity contribution in [1.82, 2.24) is 14.9 Å². The SMILES string of the molecule is CNC(C)Cc1ccc(OC)c(-c2cc(C(C(=O)N[C@@H](S)C=O)N(C)S(=O)c3ccc([N+](=O)[O-])cc3)ccc2OC)c1. The average molecular weight is 615 g/mol. The van der Waals surface area contributed by atoms with Gasteiger partial charge in [0.15, 0.2) is 6.29 Å². The Morgan fingerprint density at radius 1 is 1.07 bits per heavy atom. The standard InChI is InChI=1S/C29H34N4O7S2/c1-18(30-2)14-19-6-12-25(39-4)23(15-19)24-16-20(7-13-26(24)40-5)28(29(35)31-27(41)17-34)32(3)42(38)22-10-8-21(9-11-22)33(36)37/h6-13,15-18,27-28,30,41H,14H2,1-5H3,(H,31,35)/t18?,27-,28?,42?/m0/s1. The van der Waals surface area contributed by atoms with E-state index in [0.29, 0.717) is 28.9 Å². The van der Waals surface area contributed by atoms with Gasteiger partial charge in [-0.1, -0.05) is 12.1 Å². The van der Waals surface area contributed by atoms with Crippen molar-refractivity contribution in [3.8, 4) is 22.6 Å². The Morgan fingerprint density at radius 2 is 1.67 bits per heavy atom. The number of nitro benzene ring substituents is 1. The van der Waals surface area contributed by atoms with Crippen LogP contribution in [-0.2, 0) is 27.0 Å². The number of hydrogen-bond acceptors (Lipinski definition) is 9. The van der Waals surface area contributed by atoms with E-state index >= 15 is 0 Å². The third-order valence-corrected chi connectivity index (χ3v) is 8.33. The highest BCUT2D eigenvalue weighted by atomic mass is 32.2. The molecule has 3 aromatic carbocycles. The van der Waals surface area contributed by atoms with Crippen LogP contribution >= 0.6 is 12.6 Å². The first kappa shape index (κ1) is 32.7. The lowest BCUT2D eigenvalue weighted by molar-refractivity contribution is -0.384. The largest absolute Gasteiger partial charge is 0.496 e. The molecule has 11 nitrogen and oxygen atoms in total. The fourth-order valence-corrected chi connectivity index (χ4v) is 5.62. The van der Waals surface area contributed by atoms with Gasteiger partial charge in [-0.25, -0.2) is 8.51 Å². The van der Waals surface area contributed by atoms with Crippen LogP contribution < -0.4 is 20.1 Å². The fourth-order valence-electron chi connectivity index (χ4n) is 4.39. The number of aldehydes is 1. The molecule has 42 heavy (non-hydrogen) atoms. The predicted octanol–water partition coefficient (Wildman–Crippen LogP) is 3.70. The van der Waals surface area contributed by atoms with Crippen LogP contribution in [-0.4, -0.2) is 65.4 Å². The van der Waals surface area contributed by atoms with Crippen LogP contribution in [0, 0.1) is 10.1 Å².